The lowest BCUT2D eigenvalue weighted by Crippen LogP contribution is -2.38. The minimum atomic E-state index is -1.33. The number of carbonyl (C=O) groups is 3. The normalized spacial score (nSPS) is 40.0. The molecule has 0 radical (unpaired) electrons. The first-order chi connectivity index (χ1) is 20.7. The van der Waals surface area contributed by atoms with Gasteiger partial charge in [0.1, 0.15) is 29.9 Å². The fourth-order valence-corrected chi connectivity index (χ4v) is 6.10. The molecule has 3 aliphatic heterocycles. The minimum absolute atomic E-state index is 0.0244. The first-order valence-corrected chi connectivity index (χ1v) is 15.9. The quantitative estimate of drug-likeness (QED) is 0.306. The SMILES string of the molecule is C=C1/C=C(\C)[C@@H](C)[C@@H](O)CC(=O)[C@@H](C)CC(=O)C[C@H]2CC[C@@H](O2)[C@@H](/C=C/C=C(C)C)OC(=O)C[C@@H]2O[C@H](C[C@H]2C)[C@H](O)[C@@H]1O. The van der Waals surface area contributed by atoms with E-state index in [0.717, 1.165) is 5.57 Å². The lowest BCUT2D eigenvalue weighted by molar-refractivity contribution is -0.158. The number of aliphatic hydroxyl groups excluding tert-OH is 3. The summed E-state index contributed by atoms with van der Waals surface area (Å²) in [6.07, 6.45) is 2.65. The molecule has 0 spiro atoms. The third-order valence-electron chi connectivity index (χ3n) is 9.20. The Kier molecular flexibility index (Phi) is 13.3. The van der Waals surface area contributed by atoms with E-state index in [9.17, 15) is 29.7 Å². The average molecular weight is 617 g/mol. The predicted octanol–water partition coefficient (Wildman–Crippen LogP) is 4.33. The molecular formula is C35H52O9. The van der Waals surface area contributed by atoms with Crippen LogP contribution in [-0.4, -0.2) is 81.7 Å². The van der Waals surface area contributed by atoms with Crippen LogP contribution in [0.3, 0.4) is 0 Å². The molecule has 0 saturated carbocycles. The third-order valence-corrected chi connectivity index (χ3v) is 9.20. The molecule has 3 aliphatic rings. The highest BCUT2D eigenvalue weighted by Gasteiger charge is 2.41. The van der Waals surface area contributed by atoms with Crippen molar-refractivity contribution in [2.75, 3.05) is 0 Å². The van der Waals surface area contributed by atoms with E-state index >= 15 is 0 Å². The van der Waals surface area contributed by atoms with Crippen molar-refractivity contribution >= 4 is 17.5 Å². The molecule has 3 heterocycles. The van der Waals surface area contributed by atoms with Crippen LogP contribution in [0.2, 0.25) is 0 Å². The van der Waals surface area contributed by atoms with Crippen molar-refractivity contribution in [1.29, 1.82) is 0 Å². The number of hydrogen-bond acceptors (Lipinski definition) is 9. The van der Waals surface area contributed by atoms with Crippen molar-refractivity contribution in [1.82, 2.24) is 0 Å². The van der Waals surface area contributed by atoms with Crippen LogP contribution in [0.1, 0.15) is 86.5 Å². The standard InChI is InChI=1S/C35H52O9/c1-19(2)9-8-10-29-30-12-11-26(42-30)16-25(36)14-21(4)27(37)17-28(38)24(7)20(3)13-23(6)34(40)35(41)32-15-22(5)31(43-32)18-33(39)44-29/h8-10,13,21-22,24,26,28-32,34-35,38,40-41H,6,11-12,14-18H2,1-5,7H3/b10-8+,20-13+/t21-,22+,24+,26+,28-,29+,30+,31-,32+,34+,35-/m0/s1. The van der Waals surface area contributed by atoms with Gasteiger partial charge in [-0.2, -0.15) is 0 Å². The first-order valence-electron chi connectivity index (χ1n) is 15.9. The van der Waals surface area contributed by atoms with E-state index in [-0.39, 0.29) is 54.8 Å². The molecular weight excluding hydrogens is 564 g/mol. The van der Waals surface area contributed by atoms with Gasteiger partial charge in [-0.1, -0.05) is 56.7 Å². The molecule has 9 heteroatoms. The number of Topliss-reactive ketones (excluding diaryl/α,β-unsaturated/α-hetero) is 2. The fraction of sp³-hybridized carbons (Fsp3) is 0.686. The number of fused-ring (bicyclic) bond motifs is 4. The van der Waals surface area contributed by atoms with Crippen molar-refractivity contribution in [3.8, 4) is 0 Å². The Morgan fingerprint density at radius 1 is 0.932 bits per heavy atom. The summed E-state index contributed by atoms with van der Waals surface area (Å²) in [6.45, 7) is 15.0. The van der Waals surface area contributed by atoms with Gasteiger partial charge in [-0.15, -0.1) is 0 Å². The number of hydrogen-bond donors (Lipinski definition) is 3. The van der Waals surface area contributed by atoms with Gasteiger partial charge in [0.2, 0.25) is 0 Å². The van der Waals surface area contributed by atoms with Crippen molar-refractivity contribution in [3.63, 3.8) is 0 Å². The summed E-state index contributed by atoms with van der Waals surface area (Å²) in [4.78, 5) is 39.0. The van der Waals surface area contributed by atoms with Crippen LogP contribution in [0.5, 0.6) is 0 Å². The Labute approximate surface area is 262 Å². The minimum Gasteiger partial charge on any atom is -0.455 e. The number of allylic oxidation sites excluding steroid dienone is 3. The summed E-state index contributed by atoms with van der Waals surface area (Å²) in [5.41, 5.74) is 2.01. The van der Waals surface area contributed by atoms with Crippen LogP contribution in [0.25, 0.3) is 0 Å². The monoisotopic (exact) mass is 616 g/mol. The van der Waals surface area contributed by atoms with Gasteiger partial charge >= 0.3 is 5.97 Å². The van der Waals surface area contributed by atoms with Gasteiger partial charge in [0, 0.05) is 31.1 Å². The molecule has 0 aromatic heterocycles. The lowest BCUT2D eigenvalue weighted by Gasteiger charge is -2.26. The topological polar surface area (TPSA) is 140 Å². The summed E-state index contributed by atoms with van der Waals surface area (Å²) >= 11 is 0. The van der Waals surface area contributed by atoms with Crippen LogP contribution in [0.15, 0.2) is 47.6 Å². The number of ketones is 2. The molecule has 44 heavy (non-hydrogen) atoms. The molecule has 0 unspecified atom stereocenters. The van der Waals surface area contributed by atoms with Crippen molar-refractivity contribution in [2.24, 2.45) is 17.8 Å². The molecule has 9 nitrogen and oxygen atoms in total. The molecule has 246 valence electrons. The summed E-state index contributed by atoms with van der Waals surface area (Å²) in [6, 6.07) is 0. The van der Waals surface area contributed by atoms with E-state index in [1.807, 2.05) is 32.9 Å². The van der Waals surface area contributed by atoms with Gasteiger partial charge in [-0.05, 0) is 57.6 Å². The highest BCUT2D eigenvalue weighted by molar-refractivity contribution is 5.88. The Morgan fingerprint density at radius 3 is 2.32 bits per heavy atom. The zero-order valence-corrected chi connectivity index (χ0v) is 27.1. The third kappa shape index (κ3) is 10.0. The Bertz CT molecular complexity index is 1130. The highest BCUT2D eigenvalue weighted by Crippen LogP contribution is 2.34. The van der Waals surface area contributed by atoms with E-state index in [0.29, 0.717) is 24.8 Å². The Hall–Kier alpha value is -2.43. The summed E-state index contributed by atoms with van der Waals surface area (Å²) < 4.78 is 18.2. The number of carbonyl (C=O) groups excluding carboxylic acids is 3. The van der Waals surface area contributed by atoms with E-state index in [1.54, 1.807) is 32.9 Å². The summed E-state index contributed by atoms with van der Waals surface area (Å²) in [7, 11) is 0. The second kappa shape index (κ2) is 16.2. The number of ether oxygens (including phenoxy) is 3. The maximum Gasteiger partial charge on any atom is 0.309 e. The molecule has 0 aliphatic carbocycles. The Morgan fingerprint density at radius 2 is 1.64 bits per heavy atom. The van der Waals surface area contributed by atoms with Crippen molar-refractivity contribution in [3.05, 3.63) is 47.6 Å². The second-order valence-corrected chi connectivity index (χ2v) is 13.4. The number of rotatable bonds is 2. The molecule has 3 N–H and O–H groups in total. The second-order valence-electron chi connectivity index (χ2n) is 13.4. The number of aliphatic hydroxyl groups is 3. The summed E-state index contributed by atoms with van der Waals surface area (Å²) in [5, 5.41) is 32.7. The van der Waals surface area contributed by atoms with Crippen molar-refractivity contribution in [2.45, 2.75) is 135 Å². The van der Waals surface area contributed by atoms with E-state index < -0.39 is 60.5 Å². The molecule has 2 saturated heterocycles. The van der Waals surface area contributed by atoms with Gasteiger partial charge in [-0.3, -0.25) is 14.4 Å². The molecule has 0 aromatic rings. The van der Waals surface area contributed by atoms with Gasteiger partial charge < -0.3 is 29.5 Å². The van der Waals surface area contributed by atoms with Crippen LogP contribution < -0.4 is 0 Å². The fourth-order valence-electron chi connectivity index (χ4n) is 6.10. The molecule has 0 amide bonds. The van der Waals surface area contributed by atoms with Gasteiger partial charge in [0.05, 0.1) is 36.9 Å². The first kappa shape index (κ1) is 36.0. The predicted molar refractivity (Wildman–Crippen MR) is 167 cm³/mol. The molecule has 0 aromatic carbocycles. The van der Waals surface area contributed by atoms with E-state index in [2.05, 4.69) is 6.58 Å². The van der Waals surface area contributed by atoms with Crippen LogP contribution in [0.4, 0.5) is 0 Å². The number of esters is 1. The summed E-state index contributed by atoms with van der Waals surface area (Å²) in [5.74, 6) is -1.81. The van der Waals surface area contributed by atoms with Crippen LogP contribution in [-0.2, 0) is 28.6 Å². The number of cyclic esters (lactones) is 1. The van der Waals surface area contributed by atoms with Gasteiger partial charge in [-0.25, -0.2) is 0 Å². The van der Waals surface area contributed by atoms with Crippen LogP contribution >= 0.6 is 0 Å². The van der Waals surface area contributed by atoms with E-state index in [1.165, 1.54) is 0 Å². The Balaban J connectivity index is 1.85. The molecule has 3 rings (SSSR count). The zero-order valence-electron chi connectivity index (χ0n) is 27.1. The molecule has 4 bridgehead atoms. The smallest absolute Gasteiger partial charge is 0.309 e. The largest absolute Gasteiger partial charge is 0.455 e. The molecule has 11 atom stereocenters. The van der Waals surface area contributed by atoms with E-state index in [4.69, 9.17) is 14.2 Å². The zero-order chi connectivity index (χ0) is 32.7. The molecule has 2 fully saturated rings. The van der Waals surface area contributed by atoms with Gasteiger partial charge in [0.15, 0.2) is 0 Å². The lowest BCUT2D eigenvalue weighted by atomic mass is 9.87. The maximum atomic E-state index is 13.1. The van der Waals surface area contributed by atoms with Crippen molar-refractivity contribution < 1.29 is 43.9 Å². The average Bonchev–Trinajstić information content (AvgIpc) is 3.56. The van der Waals surface area contributed by atoms with Crippen LogP contribution in [0, 0.1) is 17.8 Å². The highest BCUT2D eigenvalue weighted by atomic mass is 16.6. The van der Waals surface area contributed by atoms with Gasteiger partial charge in [0.25, 0.3) is 0 Å². The maximum absolute atomic E-state index is 13.1.